The minimum atomic E-state index is -0.545. The molecule has 1 aromatic rings. The summed E-state index contributed by atoms with van der Waals surface area (Å²) in [5.41, 5.74) is 4.14. The molecule has 19 heavy (non-hydrogen) atoms. The first-order chi connectivity index (χ1) is 8.78. The fourth-order valence-corrected chi connectivity index (χ4v) is 3.04. The average Bonchev–Trinajstić information content (AvgIpc) is 2.35. The van der Waals surface area contributed by atoms with Gasteiger partial charge in [0.25, 0.3) is 0 Å². The summed E-state index contributed by atoms with van der Waals surface area (Å²) in [7, 11) is 0. The summed E-state index contributed by atoms with van der Waals surface area (Å²) in [5, 5.41) is 10.1. The van der Waals surface area contributed by atoms with Crippen LogP contribution in [0, 0.1) is 12.3 Å². The third kappa shape index (κ3) is 2.55. The molecule has 1 unspecified atom stereocenters. The topological polar surface area (TPSA) is 20.2 Å². The van der Waals surface area contributed by atoms with Crippen molar-refractivity contribution in [2.45, 2.75) is 63.9 Å². The Morgan fingerprint density at radius 2 is 1.74 bits per heavy atom. The second-order valence-corrected chi connectivity index (χ2v) is 7.00. The molecular formula is C18H24O. The van der Waals surface area contributed by atoms with Crippen molar-refractivity contribution < 1.29 is 5.11 Å². The Labute approximate surface area is 117 Å². The normalized spacial score (nSPS) is 21.3. The van der Waals surface area contributed by atoms with Crippen LogP contribution in [-0.4, -0.2) is 5.11 Å². The van der Waals surface area contributed by atoms with Crippen molar-refractivity contribution in [3.63, 3.8) is 0 Å². The van der Waals surface area contributed by atoms with Crippen molar-refractivity contribution >= 4 is 0 Å². The van der Waals surface area contributed by atoms with E-state index in [4.69, 9.17) is 6.42 Å². The average molecular weight is 256 g/mol. The molecule has 102 valence electrons. The van der Waals surface area contributed by atoms with Crippen LogP contribution in [0.25, 0.3) is 0 Å². The maximum Gasteiger partial charge on any atom is 0.0899 e. The van der Waals surface area contributed by atoms with Gasteiger partial charge in [0.1, 0.15) is 0 Å². The van der Waals surface area contributed by atoms with Gasteiger partial charge in [-0.15, -0.1) is 12.3 Å². The van der Waals surface area contributed by atoms with Crippen LogP contribution in [0.3, 0.4) is 0 Å². The van der Waals surface area contributed by atoms with Gasteiger partial charge >= 0.3 is 0 Å². The van der Waals surface area contributed by atoms with E-state index in [-0.39, 0.29) is 10.8 Å². The van der Waals surface area contributed by atoms with Gasteiger partial charge in [0, 0.05) is 6.42 Å². The third-order valence-electron chi connectivity index (χ3n) is 4.57. The number of aliphatic hydroxyl groups excluding tert-OH is 1. The summed E-state index contributed by atoms with van der Waals surface area (Å²) in [6.45, 7) is 9.19. The second kappa shape index (κ2) is 4.69. The zero-order valence-electron chi connectivity index (χ0n) is 12.5. The highest BCUT2D eigenvalue weighted by Gasteiger charge is 2.37. The van der Waals surface area contributed by atoms with E-state index in [9.17, 15) is 5.11 Å². The number of hydrogen-bond donors (Lipinski definition) is 1. The van der Waals surface area contributed by atoms with E-state index in [1.54, 1.807) is 0 Å². The number of aliphatic hydroxyl groups is 1. The third-order valence-corrected chi connectivity index (χ3v) is 4.57. The minimum absolute atomic E-state index is 0.177. The molecule has 1 aromatic carbocycles. The molecule has 0 heterocycles. The maximum absolute atomic E-state index is 10.1. The van der Waals surface area contributed by atoms with Crippen LogP contribution in [-0.2, 0) is 10.8 Å². The maximum atomic E-state index is 10.1. The summed E-state index contributed by atoms with van der Waals surface area (Å²) in [4.78, 5) is 0. The molecule has 0 aromatic heterocycles. The summed E-state index contributed by atoms with van der Waals surface area (Å²) in [5.74, 6) is 2.53. The highest BCUT2D eigenvalue weighted by molar-refractivity contribution is 5.44. The number of hydrogen-bond acceptors (Lipinski definition) is 1. The molecule has 0 amide bonds. The fraction of sp³-hybridized carbons (Fsp3) is 0.556. The van der Waals surface area contributed by atoms with Gasteiger partial charge in [-0.05, 0) is 40.4 Å². The van der Waals surface area contributed by atoms with Crippen LogP contribution in [0.1, 0.15) is 69.8 Å². The monoisotopic (exact) mass is 256 g/mol. The lowest BCUT2D eigenvalue weighted by molar-refractivity contribution is 0.183. The summed E-state index contributed by atoms with van der Waals surface area (Å²) >= 11 is 0. The van der Waals surface area contributed by atoms with E-state index in [1.165, 1.54) is 24.0 Å². The highest BCUT2D eigenvalue weighted by Crippen LogP contribution is 2.46. The summed E-state index contributed by atoms with van der Waals surface area (Å²) in [6, 6.07) is 6.38. The molecule has 0 fully saturated rings. The van der Waals surface area contributed by atoms with Gasteiger partial charge in [-0.1, -0.05) is 45.9 Å². The van der Waals surface area contributed by atoms with E-state index < -0.39 is 6.10 Å². The molecule has 0 spiro atoms. The zero-order valence-corrected chi connectivity index (χ0v) is 12.5. The number of rotatable bonds is 2. The van der Waals surface area contributed by atoms with Crippen LogP contribution < -0.4 is 0 Å². The first-order valence-corrected chi connectivity index (χ1v) is 7.04. The van der Waals surface area contributed by atoms with Gasteiger partial charge < -0.3 is 5.11 Å². The minimum Gasteiger partial charge on any atom is -0.387 e. The second-order valence-electron chi connectivity index (χ2n) is 7.00. The van der Waals surface area contributed by atoms with E-state index in [0.717, 1.165) is 5.56 Å². The lowest BCUT2D eigenvalue weighted by atomic mass is 9.63. The lowest BCUT2D eigenvalue weighted by Crippen LogP contribution is -2.34. The molecule has 1 heteroatoms. The van der Waals surface area contributed by atoms with E-state index in [1.807, 2.05) is 6.07 Å². The lowest BCUT2D eigenvalue weighted by Gasteiger charge is -2.42. The summed E-state index contributed by atoms with van der Waals surface area (Å²) < 4.78 is 0. The number of benzene rings is 1. The van der Waals surface area contributed by atoms with Gasteiger partial charge in [-0.25, -0.2) is 0 Å². The predicted octanol–water partition coefficient (Wildman–Crippen LogP) is 4.09. The smallest absolute Gasteiger partial charge is 0.0899 e. The molecule has 0 bridgehead atoms. The van der Waals surface area contributed by atoms with Gasteiger partial charge in [0.15, 0.2) is 0 Å². The van der Waals surface area contributed by atoms with Gasteiger partial charge in [-0.3, -0.25) is 0 Å². The van der Waals surface area contributed by atoms with Gasteiger partial charge in [-0.2, -0.15) is 0 Å². The fourth-order valence-electron chi connectivity index (χ4n) is 3.04. The Morgan fingerprint density at radius 1 is 1.16 bits per heavy atom. The number of fused-ring (bicyclic) bond motifs is 1. The molecule has 0 saturated carbocycles. The number of terminal acetylenes is 1. The highest BCUT2D eigenvalue weighted by atomic mass is 16.3. The van der Waals surface area contributed by atoms with Crippen LogP contribution in [0.5, 0.6) is 0 Å². The van der Waals surface area contributed by atoms with Crippen molar-refractivity contribution in [2.75, 3.05) is 0 Å². The molecule has 1 nitrogen and oxygen atoms in total. The molecular weight excluding hydrogens is 232 g/mol. The van der Waals surface area contributed by atoms with Gasteiger partial charge in [0.05, 0.1) is 6.10 Å². The Balaban J connectivity index is 2.51. The van der Waals surface area contributed by atoms with Gasteiger partial charge in [0.2, 0.25) is 0 Å². The molecule has 0 saturated heterocycles. The van der Waals surface area contributed by atoms with Crippen molar-refractivity contribution in [1.29, 1.82) is 0 Å². The van der Waals surface area contributed by atoms with Crippen LogP contribution in [0.2, 0.25) is 0 Å². The Hall–Kier alpha value is -1.26. The SMILES string of the molecule is C#CCC(O)c1ccc2c(c1)C(C)(C)CCC2(C)C. The first kappa shape index (κ1) is 14.2. The van der Waals surface area contributed by atoms with Crippen molar-refractivity contribution in [1.82, 2.24) is 0 Å². The molecule has 0 radical (unpaired) electrons. The van der Waals surface area contributed by atoms with Crippen molar-refractivity contribution in [3.8, 4) is 12.3 Å². The van der Waals surface area contributed by atoms with E-state index >= 15 is 0 Å². The van der Waals surface area contributed by atoms with Crippen LogP contribution in [0.15, 0.2) is 18.2 Å². The largest absolute Gasteiger partial charge is 0.387 e. The first-order valence-electron chi connectivity index (χ1n) is 7.04. The molecule has 1 aliphatic rings. The van der Waals surface area contributed by atoms with E-state index in [2.05, 4.69) is 45.7 Å². The zero-order chi connectivity index (χ0) is 14.3. The standard InChI is InChI=1S/C18H24O/c1-6-7-16(19)13-8-9-14-15(12-13)18(4,5)11-10-17(14,2)3/h1,8-9,12,16,19H,7,10-11H2,2-5H3. The Bertz CT molecular complexity index is 517. The van der Waals surface area contributed by atoms with Crippen LogP contribution >= 0.6 is 0 Å². The van der Waals surface area contributed by atoms with Crippen LogP contribution in [0.4, 0.5) is 0 Å². The predicted molar refractivity (Wildman–Crippen MR) is 80.1 cm³/mol. The van der Waals surface area contributed by atoms with Crippen molar-refractivity contribution in [3.05, 3.63) is 34.9 Å². The molecule has 2 rings (SSSR count). The molecule has 1 atom stereocenters. The quantitative estimate of drug-likeness (QED) is 0.790. The molecule has 1 N–H and O–H groups in total. The molecule has 1 aliphatic carbocycles. The van der Waals surface area contributed by atoms with Crippen molar-refractivity contribution in [2.24, 2.45) is 0 Å². The summed E-state index contributed by atoms with van der Waals surface area (Å²) in [6.07, 6.45) is 7.51. The Morgan fingerprint density at radius 3 is 2.32 bits per heavy atom. The van der Waals surface area contributed by atoms with E-state index in [0.29, 0.717) is 6.42 Å². The molecule has 0 aliphatic heterocycles. The Kier molecular flexibility index (Phi) is 3.49.